The fourth-order valence-electron chi connectivity index (χ4n) is 1.83. The van der Waals surface area contributed by atoms with E-state index in [1.54, 1.807) is 6.92 Å². The van der Waals surface area contributed by atoms with Gasteiger partial charge in [0, 0.05) is 5.92 Å². The molecule has 2 heteroatoms. The van der Waals surface area contributed by atoms with Crippen LogP contribution in [0, 0.1) is 11.8 Å². The van der Waals surface area contributed by atoms with Crippen molar-refractivity contribution in [2.24, 2.45) is 11.8 Å². The van der Waals surface area contributed by atoms with E-state index in [0.717, 1.165) is 32.0 Å². The molecule has 1 aliphatic rings. The van der Waals surface area contributed by atoms with Gasteiger partial charge in [0.05, 0.1) is 5.92 Å². The lowest BCUT2D eigenvalue weighted by Crippen LogP contribution is -2.24. The monoisotopic (exact) mass is 168 g/mol. The molecule has 0 bridgehead atoms. The highest BCUT2D eigenvalue weighted by Crippen LogP contribution is 2.26. The largest absolute Gasteiger partial charge is 0.303 e. The van der Waals surface area contributed by atoms with E-state index in [1.807, 2.05) is 0 Å². The SMILES string of the molecule is CC(C=O)C(=O)C1CCCCC1. The fourth-order valence-corrected chi connectivity index (χ4v) is 1.83. The molecule has 1 unspecified atom stereocenters. The van der Waals surface area contributed by atoms with E-state index in [4.69, 9.17) is 0 Å². The lowest BCUT2D eigenvalue weighted by molar-refractivity contribution is -0.130. The van der Waals surface area contributed by atoms with Gasteiger partial charge in [-0.25, -0.2) is 0 Å². The molecule has 0 N–H and O–H groups in total. The van der Waals surface area contributed by atoms with Crippen LogP contribution in [-0.2, 0) is 9.59 Å². The van der Waals surface area contributed by atoms with Crippen LogP contribution < -0.4 is 0 Å². The molecular formula is C10H16O2. The van der Waals surface area contributed by atoms with Crippen LogP contribution in [0.4, 0.5) is 0 Å². The molecule has 1 atom stereocenters. The molecule has 0 aromatic carbocycles. The van der Waals surface area contributed by atoms with E-state index < -0.39 is 0 Å². The molecule has 0 radical (unpaired) electrons. The van der Waals surface area contributed by atoms with Crippen molar-refractivity contribution in [2.75, 3.05) is 0 Å². The summed E-state index contributed by atoms with van der Waals surface area (Å²) >= 11 is 0. The maximum absolute atomic E-state index is 11.5. The molecule has 0 heterocycles. The van der Waals surface area contributed by atoms with Crippen LogP contribution >= 0.6 is 0 Å². The second kappa shape index (κ2) is 4.39. The Kier molecular flexibility index (Phi) is 3.45. The summed E-state index contributed by atoms with van der Waals surface area (Å²) in [6, 6.07) is 0. The number of hydrogen-bond donors (Lipinski definition) is 0. The highest BCUT2D eigenvalue weighted by Gasteiger charge is 2.24. The smallest absolute Gasteiger partial charge is 0.145 e. The predicted molar refractivity (Wildman–Crippen MR) is 46.8 cm³/mol. The average molecular weight is 168 g/mol. The van der Waals surface area contributed by atoms with E-state index in [-0.39, 0.29) is 17.6 Å². The summed E-state index contributed by atoms with van der Waals surface area (Å²) in [5.41, 5.74) is 0. The van der Waals surface area contributed by atoms with Gasteiger partial charge in [0.15, 0.2) is 0 Å². The topological polar surface area (TPSA) is 34.1 Å². The molecule has 68 valence electrons. The van der Waals surface area contributed by atoms with Crippen molar-refractivity contribution in [1.82, 2.24) is 0 Å². The summed E-state index contributed by atoms with van der Waals surface area (Å²) in [5, 5.41) is 0. The Balaban J connectivity index is 2.44. The third-order valence-corrected chi connectivity index (χ3v) is 2.66. The van der Waals surface area contributed by atoms with Crippen LogP contribution in [0.2, 0.25) is 0 Å². The van der Waals surface area contributed by atoms with Crippen molar-refractivity contribution >= 4 is 12.1 Å². The quantitative estimate of drug-likeness (QED) is 0.477. The van der Waals surface area contributed by atoms with E-state index in [1.165, 1.54) is 6.42 Å². The fraction of sp³-hybridized carbons (Fsp3) is 0.800. The molecule has 0 amide bonds. The second-order valence-electron chi connectivity index (χ2n) is 3.66. The molecule has 0 aromatic heterocycles. The Hall–Kier alpha value is -0.660. The van der Waals surface area contributed by atoms with Crippen LogP contribution in [0.1, 0.15) is 39.0 Å². The maximum atomic E-state index is 11.5. The van der Waals surface area contributed by atoms with E-state index >= 15 is 0 Å². The third kappa shape index (κ3) is 2.16. The van der Waals surface area contributed by atoms with Crippen molar-refractivity contribution in [3.8, 4) is 0 Å². The summed E-state index contributed by atoms with van der Waals surface area (Å²) in [5.74, 6) is -0.0447. The van der Waals surface area contributed by atoms with Crippen LogP contribution in [-0.4, -0.2) is 12.1 Å². The first-order valence-electron chi connectivity index (χ1n) is 4.74. The summed E-state index contributed by atoms with van der Waals surface area (Å²) in [6.07, 6.45) is 6.31. The zero-order chi connectivity index (χ0) is 8.97. The van der Waals surface area contributed by atoms with Gasteiger partial charge in [-0.1, -0.05) is 19.3 Å². The summed E-state index contributed by atoms with van der Waals surface area (Å²) in [7, 11) is 0. The number of carbonyl (C=O) groups excluding carboxylic acids is 2. The standard InChI is InChI=1S/C10H16O2/c1-8(7-11)10(12)9-5-3-2-4-6-9/h7-9H,2-6H2,1H3. The Bertz CT molecular complexity index is 169. The van der Waals surface area contributed by atoms with Gasteiger partial charge in [-0.2, -0.15) is 0 Å². The molecule has 0 spiro atoms. The average Bonchev–Trinajstić information content (AvgIpc) is 2.17. The van der Waals surface area contributed by atoms with Gasteiger partial charge in [0.25, 0.3) is 0 Å². The lowest BCUT2D eigenvalue weighted by atomic mass is 9.82. The van der Waals surface area contributed by atoms with Crippen molar-refractivity contribution in [2.45, 2.75) is 39.0 Å². The first-order valence-corrected chi connectivity index (χ1v) is 4.74. The molecule has 0 aromatic rings. The number of carbonyl (C=O) groups is 2. The Morgan fingerprint density at radius 2 is 1.92 bits per heavy atom. The Morgan fingerprint density at radius 3 is 2.42 bits per heavy atom. The molecule has 2 nitrogen and oxygen atoms in total. The van der Waals surface area contributed by atoms with Crippen molar-refractivity contribution < 1.29 is 9.59 Å². The molecule has 0 aliphatic heterocycles. The summed E-state index contributed by atoms with van der Waals surface area (Å²) in [4.78, 5) is 21.9. The van der Waals surface area contributed by atoms with Gasteiger partial charge in [-0.3, -0.25) is 4.79 Å². The molecule has 1 aliphatic carbocycles. The number of hydrogen-bond acceptors (Lipinski definition) is 2. The van der Waals surface area contributed by atoms with E-state index in [9.17, 15) is 9.59 Å². The van der Waals surface area contributed by atoms with E-state index in [2.05, 4.69) is 0 Å². The van der Waals surface area contributed by atoms with Crippen molar-refractivity contribution in [3.05, 3.63) is 0 Å². The first-order chi connectivity index (χ1) is 5.75. The maximum Gasteiger partial charge on any atom is 0.145 e. The third-order valence-electron chi connectivity index (χ3n) is 2.66. The molecular weight excluding hydrogens is 152 g/mol. The lowest BCUT2D eigenvalue weighted by Gasteiger charge is -2.21. The van der Waals surface area contributed by atoms with Crippen LogP contribution in [0.3, 0.4) is 0 Å². The van der Waals surface area contributed by atoms with Crippen LogP contribution in [0.25, 0.3) is 0 Å². The summed E-state index contributed by atoms with van der Waals surface area (Å²) in [6.45, 7) is 1.70. The van der Waals surface area contributed by atoms with Gasteiger partial charge in [-0.05, 0) is 19.8 Å². The molecule has 12 heavy (non-hydrogen) atoms. The van der Waals surface area contributed by atoms with Gasteiger partial charge < -0.3 is 4.79 Å². The molecule has 1 rings (SSSR count). The number of Topliss-reactive ketones (excluding diaryl/α,β-unsaturated/α-hetero) is 1. The van der Waals surface area contributed by atoms with Crippen LogP contribution in [0.15, 0.2) is 0 Å². The highest BCUT2D eigenvalue weighted by atomic mass is 16.1. The Morgan fingerprint density at radius 1 is 1.33 bits per heavy atom. The molecule has 1 fully saturated rings. The number of ketones is 1. The van der Waals surface area contributed by atoms with Gasteiger partial charge >= 0.3 is 0 Å². The number of rotatable bonds is 3. The van der Waals surface area contributed by atoms with Gasteiger partial charge in [0.2, 0.25) is 0 Å². The highest BCUT2D eigenvalue weighted by molar-refractivity contribution is 5.94. The minimum atomic E-state index is -0.381. The van der Waals surface area contributed by atoms with Crippen LogP contribution in [0.5, 0.6) is 0 Å². The second-order valence-corrected chi connectivity index (χ2v) is 3.66. The first kappa shape index (κ1) is 9.43. The normalized spacial score (nSPS) is 21.8. The summed E-state index contributed by atoms with van der Waals surface area (Å²) < 4.78 is 0. The van der Waals surface area contributed by atoms with E-state index in [0.29, 0.717) is 0 Å². The zero-order valence-corrected chi connectivity index (χ0v) is 7.58. The molecule has 0 saturated heterocycles. The zero-order valence-electron chi connectivity index (χ0n) is 7.58. The molecule has 1 saturated carbocycles. The van der Waals surface area contributed by atoms with Gasteiger partial charge in [0.1, 0.15) is 12.1 Å². The predicted octanol–water partition coefficient (Wildman–Crippen LogP) is 1.97. The number of aldehydes is 1. The van der Waals surface area contributed by atoms with Gasteiger partial charge in [-0.15, -0.1) is 0 Å². The minimum absolute atomic E-state index is 0.157. The minimum Gasteiger partial charge on any atom is -0.303 e. The Labute approximate surface area is 73.3 Å². The van der Waals surface area contributed by atoms with Crippen molar-refractivity contribution in [1.29, 1.82) is 0 Å². The van der Waals surface area contributed by atoms with Crippen molar-refractivity contribution in [3.63, 3.8) is 0 Å².